The SMILES string of the molecule is NCC1(S(=O)(=O)c2ccc(Br)cc2)CCC1. The third kappa shape index (κ3) is 1.71. The average Bonchev–Trinajstić information content (AvgIpc) is 2.17. The summed E-state index contributed by atoms with van der Waals surface area (Å²) < 4.78 is 24.9. The van der Waals surface area contributed by atoms with Gasteiger partial charge in [-0.2, -0.15) is 0 Å². The molecule has 2 rings (SSSR count). The molecule has 0 bridgehead atoms. The van der Waals surface area contributed by atoms with Crippen molar-refractivity contribution in [2.24, 2.45) is 5.73 Å². The van der Waals surface area contributed by atoms with E-state index in [0.29, 0.717) is 17.7 Å². The van der Waals surface area contributed by atoms with Crippen molar-refractivity contribution in [3.63, 3.8) is 0 Å². The first-order valence-corrected chi connectivity index (χ1v) is 7.50. The number of halogens is 1. The summed E-state index contributed by atoms with van der Waals surface area (Å²) in [6.07, 6.45) is 2.32. The summed E-state index contributed by atoms with van der Waals surface area (Å²) in [5, 5.41) is 0. The van der Waals surface area contributed by atoms with Gasteiger partial charge < -0.3 is 5.73 Å². The summed E-state index contributed by atoms with van der Waals surface area (Å²) in [6, 6.07) is 6.76. The maximum Gasteiger partial charge on any atom is 0.185 e. The van der Waals surface area contributed by atoms with Crippen molar-refractivity contribution < 1.29 is 8.42 Å². The van der Waals surface area contributed by atoms with Crippen molar-refractivity contribution in [3.8, 4) is 0 Å². The van der Waals surface area contributed by atoms with Crippen LogP contribution in [-0.4, -0.2) is 19.7 Å². The molecule has 2 N–H and O–H groups in total. The molecule has 5 heteroatoms. The van der Waals surface area contributed by atoms with Crippen LogP contribution in [0, 0.1) is 0 Å². The molecule has 0 aromatic heterocycles. The Bertz CT molecular complexity index is 472. The smallest absolute Gasteiger partial charge is 0.185 e. The maximum absolute atomic E-state index is 12.4. The summed E-state index contributed by atoms with van der Waals surface area (Å²) in [5.74, 6) is 0. The number of benzene rings is 1. The lowest BCUT2D eigenvalue weighted by Crippen LogP contribution is -2.51. The van der Waals surface area contributed by atoms with Gasteiger partial charge in [0.2, 0.25) is 0 Å². The van der Waals surface area contributed by atoms with Crippen LogP contribution in [0.3, 0.4) is 0 Å². The molecule has 88 valence electrons. The van der Waals surface area contributed by atoms with Crippen LogP contribution in [0.4, 0.5) is 0 Å². The molecule has 1 fully saturated rings. The van der Waals surface area contributed by atoms with Gasteiger partial charge in [-0.1, -0.05) is 22.4 Å². The van der Waals surface area contributed by atoms with E-state index in [0.717, 1.165) is 10.9 Å². The van der Waals surface area contributed by atoms with E-state index in [1.54, 1.807) is 24.3 Å². The van der Waals surface area contributed by atoms with Crippen LogP contribution < -0.4 is 5.73 Å². The molecule has 1 aromatic carbocycles. The average molecular weight is 304 g/mol. The molecule has 1 aliphatic carbocycles. The van der Waals surface area contributed by atoms with Crippen LogP contribution in [0.25, 0.3) is 0 Å². The Morgan fingerprint density at radius 3 is 2.19 bits per heavy atom. The normalized spacial score (nSPS) is 19.1. The second-order valence-electron chi connectivity index (χ2n) is 4.20. The van der Waals surface area contributed by atoms with Crippen molar-refractivity contribution in [3.05, 3.63) is 28.7 Å². The minimum Gasteiger partial charge on any atom is -0.329 e. The zero-order valence-electron chi connectivity index (χ0n) is 8.82. The fraction of sp³-hybridized carbons (Fsp3) is 0.455. The molecule has 0 spiro atoms. The van der Waals surface area contributed by atoms with E-state index in [1.807, 2.05) is 0 Å². The van der Waals surface area contributed by atoms with E-state index in [1.165, 1.54) is 0 Å². The molecule has 0 amide bonds. The van der Waals surface area contributed by atoms with Crippen molar-refractivity contribution in [1.29, 1.82) is 0 Å². The van der Waals surface area contributed by atoms with E-state index in [2.05, 4.69) is 15.9 Å². The molecule has 3 nitrogen and oxygen atoms in total. The molecule has 0 heterocycles. The van der Waals surface area contributed by atoms with Crippen molar-refractivity contribution in [2.75, 3.05) is 6.54 Å². The number of hydrogen-bond donors (Lipinski definition) is 1. The van der Waals surface area contributed by atoms with Gasteiger partial charge in [0.1, 0.15) is 0 Å². The molecule has 1 aliphatic rings. The van der Waals surface area contributed by atoms with E-state index in [9.17, 15) is 8.42 Å². The molecule has 0 unspecified atom stereocenters. The van der Waals surface area contributed by atoms with Crippen LogP contribution in [-0.2, 0) is 9.84 Å². The second kappa shape index (κ2) is 4.13. The largest absolute Gasteiger partial charge is 0.329 e. The summed E-state index contributed by atoms with van der Waals surface area (Å²) in [5.41, 5.74) is 5.63. The molecule has 16 heavy (non-hydrogen) atoms. The van der Waals surface area contributed by atoms with Crippen LogP contribution >= 0.6 is 15.9 Å². The topological polar surface area (TPSA) is 60.2 Å². The second-order valence-corrected chi connectivity index (χ2v) is 7.46. The molecule has 0 saturated heterocycles. The summed E-state index contributed by atoms with van der Waals surface area (Å²) >= 11 is 3.29. The van der Waals surface area contributed by atoms with Gasteiger partial charge in [-0.25, -0.2) is 8.42 Å². The summed E-state index contributed by atoms with van der Waals surface area (Å²) in [4.78, 5) is 0.376. The Morgan fingerprint density at radius 1 is 1.25 bits per heavy atom. The number of rotatable bonds is 3. The fourth-order valence-electron chi connectivity index (χ4n) is 2.02. The monoisotopic (exact) mass is 303 g/mol. The lowest BCUT2D eigenvalue weighted by molar-refractivity contribution is 0.344. The molecule has 1 saturated carbocycles. The van der Waals surface area contributed by atoms with Crippen molar-refractivity contribution >= 4 is 25.8 Å². The Balaban J connectivity index is 2.42. The first kappa shape index (κ1) is 12.1. The lowest BCUT2D eigenvalue weighted by Gasteiger charge is -2.39. The van der Waals surface area contributed by atoms with Crippen LogP contribution in [0.2, 0.25) is 0 Å². The minimum absolute atomic E-state index is 0.214. The number of sulfone groups is 1. The highest BCUT2D eigenvalue weighted by Gasteiger charge is 2.48. The first-order valence-electron chi connectivity index (χ1n) is 5.22. The molecule has 0 aliphatic heterocycles. The van der Waals surface area contributed by atoms with Gasteiger partial charge in [0.15, 0.2) is 9.84 Å². The standard InChI is InChI=1S/C11H14BrNO2S/c12-9-2-4-10(5-3-9)16(14,15)11(8-13)6-1-7-11/h2-5H,1,6-8,13H2. The van der Waals surface area contributed by atoms with E-state index in [4.69, 9.17) is 5.73 Å². The van der Waals surface area contributed by atoms with Gasteiger partial charge in [0.25, 0.3) is 0 Å². The van der Waals surface area contributed by atoms with Crippen LogP contribution in [0.1, 0.15) is 19.3 Å². The fourth-order valence-corrected chi connectivity index (χ4v) is 4.32. The lowest BCUT2D eigenvalue weighted by atomic mass is 9.84. The third-order valence-corrected chi connectivity index (χ3v) is 6.47. The quantitative estimate of drug-likeness (QED) is 0.930. The molecule has 0 atom stereocenters. The van der Waals surface area contributed by atoms with Crippen molar-refractivity contribution in [2.45, 2.75) is 28.9 Å². The maximum atomic E-state index is 12.4. The highest BCUT2D eigenvalue weighted by atomic mass is 79.9. The summed E-state index contributed by atoms with van der Waals surface area (Å²) in [6.45, 7) is 0.214. The molecule has 1 aromatic rings. The van der Waals surface area contributed by atoms with E-state index < -0.39 is 14.6 Å². The highest BCUT2D eigenvalue weighted by molar-refractivity contribution is 9.10. The van der Waals surface area contributed by atoms with E-state index in [-0.39, 0.29) is 6.54 Å². The van der Waals surface area contributed by atoms with Crippen LogP contribution in [0.5, 0.6) is 0 Å². The zero-order valence-corrected chi connectivity index (χ0v) is 11.2. The molecular weight excluding hydrogens is 290 g/mol. The van der Waals surface area contributed by atoms with Gasteiger partial charge >= 0.3 is 0 Å². The Kier molecular flexibility index (Phi) is 3.11. The minimum atomic E-state index is -3.28. The highest BCUT2D eigenvalue weighted by Crippen LogP contribution is 2.42. The zero-order chi connectivity index (χ0) is 11.8. The predicted molar refractivity (Wildman–Crippen MR) is 67.0 cm³/mol. The Morgan fingerprint density at radius 2 is 1.81 bits per heavy atom. The van der Waals surface area contributed by atoms with Gasteiger partial charge in [0, 0.05) is 11.0 Å². The Labute approximate surface area is 104 Å². The predicted octanol–water partition coefficient (Wildman–Crippen LogP) is 2.10. The van der Waals surface area contributed by atoms with Gasteiger partial charge in [0.05, 0.1) is 9.64 Å². The molecule has 0 radical (unpaired) electrons. The van der Waals surface area contributed by atoms with Gasteiger partial charge in [-0.15, -0.1) is 0 Å². The van der Waals surface area contributed by atoms with Crippen LogP contribution in [0.15, 0.2) is 33.6 Å². The Hall–Kier alpha value is -0.390. The van der Waals surface area contributed by atoms with Crippen molar-refractivity contribution in [1.82, 2.24) is 0 Å². The van der Waals surface area contributed by atoms with Gasteiger partial charge in [-0.3, -0.25) is 0 Å². The number of nitrogens with two attached hydrogens (primary N) is 1. The molecular formula is C11H14BrNO2S. The first-order chi connectivity index (χ1) is 7.52. The van der Waals surface area contributed by atoms with Gasteiger partial charge in [-0.05, 0) is 37.1 Å². The third-order valence-electron chi connectivity index (χ3n) is 3.33. The summed E-state index contributed by atoms with van der Waals surface area (Å²) in [7, 11) is -3.28. The van der Waals surface area contributed by atoms with E-state index >= 15 is 0 Å². The number of hydrogen-bond acceptors (Lipinski definition) is 3.